The summed E-state index contributed by atoms with van der Waals surface area (Å²) >= 11 is -0.180. The van der Waals surface area contributed by atoms with Crippen LogP contribution in [0.15, 0.2) is 5.16 Å². The van der Waals surface area contributed by atoms with Crippen molar-refractivity contribution in [2.75, 3.05) is 18.6 Å². The highest BCUT2D eigenvalue weighted by Gasteiger charge is 2.44. The van der Waals surface area contributed by atoms with Crippen LogP contribution in [0.1, 0.15) is 25.7 Å². The summed E-state index contributed by atoms with van der Waals surface area (Å²) in [6.45, 7) is -0.607. The Bertz CT molecular complexity index is 571. The summed E-state index contributed by atoms with van der Waals surface area (Å²) in [6, 6.07) is 0. The van der Waals surface area contributed by atoms with Crippen molar-refractivity contribution < 1.29 is 47.0 Å². The lowest BCUT2D eigenvalue weighted by Crippen LogP contribution is -2.57. The second-order valence-electron chi connectivity index (χ2n) is 5.89. The van der Waals surface area contributed by atoms with Gasteiger partial charge in [0.2, 0.25) is 0 Å². The molecule has 0 aromatic carbocycles. The number of aliphatic hydroxyl groups is 4. The van der Waals surface area contributed by atoms with Gasteiger partial charge in [-0.25, -0.2) is 4.28 Å². The van der Waals surface area contributed by atoms with Crippen molar-refractivity contribution in [2.45, 2.75) is 55.5 Å². The van der Waals surface area contributed by atoms with Crippen molar-refractivity contribution in [3.05, 3.63) is 0 Å². The molecule has 0 radical (unpaired) electrons. The lowest BCUT2D eigenvalue weighted by molar-refractivity contribution is -0.205. The zero-order valence-electron chi connectivity index (χ0n) is 14.6. The number of oxime groups is 1. The summed E-state index contributed by atoms with van der Waals surface area (Å²) in [7, 11) is -4.83. The van der Waals surface area contributed by atoms with Crippen LogP contribution in [-0.4, -0.2) is 91.5 Å². The zero-order chi connectivity index (χ0) is 20.6. The smallest absolute Gasteiger partial charge is 0.466 e. The van der Waals surface area contributed by atoms with Crippen molar-refractivity contribution in [3.8, 4) is 0 Å². The fourth-order valence-corrected chi connectivity index (χ4v) is 4.22. The molecule has 11 nitrogen and oxygen atoms in total. The van der Waals surface area contributed by atoms with E-state index in [1.807, 2.05) is 0 Å². The molecule has 1 aliphatic heterocycles. The number of hydrogen-bond donors (Lipinski definition) is 5. The third-order valence-electron chi connectivity index (χ3n) is 3.66. The van der Waals surface area contributed by atoms with E-state index in [1.54, 1.807) is 6.26 Å². The average molecular weight is 452 g/mol. The minimum absolute atomic E-state index is 0.0505. The van der Waals surface area contributed by atoms with Crippen LogP contribution >= 0.6 is 11.8 Å². The summed E-state index contributed by atoms with van der Waals surface area (Å²) in [5, 5.41) is 42.2. The van der Waals surface area contributed by atoms with Gasteiger partial charge in [0.05, 0.1) is 12.9 Å². The van der Waals surface area contributed by atoms with E-state index in [-0.39, 0.29) is 11.5 Å². The van der Waals surface area contributed by atoms with Gasteiger partial charge in [-0.3, -0.25) is 4.55 Å². The van der Waals surface area contributed by atoms with E-state index in [1.165, 1.54) is 0 Å². The van der Waals surface area contributed by atoms with Gasteiger partial charge in [-0.1, -0.05) is 28.1 Å². The molecule has 0 aliphatic carbocycles. The van der Waals surface area contributed by atoms with Crippen LogP contribution in [0.5, 0.6) is 0 Å². The monoisotopic (exact) mass is 451 g/mol. The molecule has 1 rings (SSSR count). The highest BCUT2D eigenvalue weighted by Crippen LogP contribution is 2.30. The molecule has 1 fully saturated rings. The largest absolute Gasteiger partial charge is 0.617 e. The van der Waals surface area contributed by atoms with Crippen molar-refractivity contribution in [2.24, 2.45) is 5.16 Å². The molecule has 27 heavy (non-hydrogen) atoms. The Morgan fingerprint density at radius 2 is 1.89 bits per heavy atom. The molecule has 1 unspecified atom stereocenters. The summed E-state index contributed by atoms with van der Waals surface area (Å²) in [6.07, 6.45) is -2.11. The molecule has 0 amide bonds. The van der Waals surface area contributed by atoms with E-state index in [9.17, 15) is 33.4 Å². The van der Waals surface area contributed by atoms with Crippen LogP contribution in [0.4, 0.5) is 0 Å². The molecular weight excluding hydrogens is 426 g/mol. The van der Waals surface area contributed by atoms with Gasteiger partial charge >= 0.3 is 10.4 Å². The molecule has 1 saturated heterocycles. The molecule has 6 atom stereocenters. The van der Waals surface area contributed by atoms with Gasteiger partial charge in [0.1, 0.15) is 40.6 Å². The van der Waals surface area contributed by atoms with E-state index < -0.39 is 58.0 Å². The van der Waals surface area contributed by atoms with E-state index in [0.717, 1.165) is 11.8 Å². The Morgan fingerprint density at radius 3 is 2.44 bits per heavy atom. The molecule has 5 N–H and O–H groups in total. The second-order valence-corrected chi connectivity index (χ2v) is 9.62. The molecule has 0 bridgehead atoms. The number of aliphatic hydroxyl groups excluding tert-OH is 4. The number of nitrogens with zero attached hydrogens (tertiary/aromatic N) is 1. The number of thioether (sulfide) groups is 1. The first-order valence-electron chi connectivity index (χ1n) is 8.05. The topological polar surface area (TPSA) is 189 Å². The van der Waals surface area contributed by atoms with Gasteiger partial charge in [-0.2, -0.15) is 8.42 Å². The van der Waals surface area contributed by atoms with E-state index >= 15 is 0 Å². The molecular formula is C13H25NO10S3. The lowest BCUT2D eigenvalue weighted by Gasteiger charge is -2.39. The first kappa shape index (κ1) is 24.9. The summed E-state index contributed by atoms with van der Waals surface area (Å²) in [4.78, 5) is 0. The molecule has 0 aromatic rings. The Kier molecular flexibility index (Phi) is 10.8. The Balaban J connectivity index is 2.74. The van der Waals surface area contributed by atoms with Gasteiger partial charge in [0.25, 0.3) is 0 Å². The summed E-state index contributed by atoms with van der Waals surface area (Å²) in [5.74, 6) is 0.522. The van der Waals surface area contributed by atoms with Gasteiger partial charge in [0, 0.05) is 0 Å². The Morgan fingerprint density at radius 1 is 1.22 bits per heavy atom. The minimum Gasteiger partial charge on any atom is -0.617 e. The van der Waals surface area contributed by atoms with Gasteiger partial charge in [0.15, 0.2) is 0 Å². The third kappa shape index (κ3) is 9.25. The Labute approximate surface area is 164 Å². The normalized spacial score (nSPS) is 30.9. The van der Waals surface area contributed by atoms with Gasteiger partial charge < -0.3 is 29.7 Å². The number of ether oxygens (including phenoxy) is 1. The molecule has 14 heteroatoms. The van der Waals surface area contributed by atoms with Crippen molar-refractivity contribution in [1.29, 1.82) is 0 Å². The summed E-state index contributed by atoms with van der Waals surface area (Å²) < 4.78 is 50.5. The molecule has 0 aromatic heterocycles. The fourth-order valence-electron chi connectivity index (χ4n) is 2.27. The van der Waals surface area contributed by atoms with Crippen LogP contribution in [-0.2, 0) is 30.6 Å². The minimum atomic E-state index is -4.83. The molecule has 1 heterocycles. The highest BCUT2D eigenvalue weighted by molar-refractivity contribution is 8.14. The maximum Gasteiger partial charge on any atom is 0.466 e. The zero-order valence-corrected chi connectivity index (χ0v) is 17.0. The molecule has 1 aliphatic rings. The first-order chi connectivity index (χ1) is 12.5. The Hall–Kier alpha value is -0.160. The average Bonchev–Trinajstić information content (AvgIpc) is 2.58. The molecule has 160 valence electrons. The maximum atomic E-state index is 11.0. The predicted octanol–water partition coefficient (Wildman–Crippen LogP) is -1.41. The number of rotatable bonds is 10. The fraction of sp³-hybridized carbons (Fsp3) is 0.923. The van der Waals surface area contributed by atoms with E-state index in [0.29, 0.717) is 25.0 Å². The SMILES string of the molecule is C[S+]([O-])CCCCCC(=NOS(=O)(=O)O)S[C@@H]1O[C@H](CO)[C@@H](O)[C@H](O)[C@H]1O. The standard InChI is InChI=1S/C13H25NO10S3/c1-26(19)6-4-2-3-5-9(14-24-27(20,21)22)25-13-12(18)11(17)10(16)8(7-15)23-13/h8,10-13,15-18H,2-7H2,1H3,(H,20,21,22)/t8-,10-,11+,12-,13+,26?/m1/s1. The number of hydrogen-bond acceptors (Lipinski definition) is 11. The van der Waals surface area contributed by atoms with E-state index in [4.69, 9.17) is 9.29 Å². The van der Waals surface area contributed by atoms with Crippen LogP contribution in [0.3, 0.4) is 0 Å². The molecule has 0 spiro atoms. The van der Waals surface area contributed by atoms with Crippen molar-refractivity contribution >= 4 is 38.4 Å². The van der Waals surface area contributed by atoms with Crippen LogP contribution < -0.4 is 0 Å². The highest BCUT2D eigenvalue weighted by atomic mass is 32.3. The van der Waals surface area contributed by atoms with E-state index in [2.05, 4.69) is 9.44 Å². The quantitative estimate of drug-likeness (QED) is 0.0655. The second kappa shape index (κ2) is 11.7. The van der Waals surface area contributed by atoms with Crippen LogP contribution in [0, 0.1) is 0 Å². The maximum absolute atomic E-state index is 11.0. The van der Waals surface area contributed by atoms with Crippen molar-refractivity contribution in [1.82, 2.24) is 0 Å². The predicted molar refractivity (Wildman–Crippen MR) is 98.8 cm³/mol. The van der Waals surface area contributed by atoms with Gasteiger partial charge in [-0.15, -0.1) is 0 Å². The van der Waals surface area contributed by atoms with Crippen LogP contribution in [0.25, 0.3) is 0 Å². The van der Waals surface area contributed by atoms with Crippen LogP contribution in [0.2, 0.25) is 0 Å². The summed E-state index contributed by atoms with van der Waals surface area (Å²) in [5.41, 5.74) is -1.16. The molecule has 0 saturated carbocycles. The first-order valence-corrected chi connectivity index (χ1v) is 12.0. The van der Waals surface area contributed by atoms with Gasteiger partial charge in [-0.05, 0) is 25.7 Å². The third-order valence-corrected chi connectivity index (χ3v) is 5.96. The lowest BCUT2D eigenvalue weighted by atomic mass is 10.0. The number of unbranched alkanes of at least 4 members (excludes halogenated alkanes) is 2. The van der Waals surface area contributed by atoms with Crippen molar-refractivity contribution in [3.63, 3.8) is 0 Å².